The van der Waals surface area contributed by atoms with Crippen molar-refractivity contribution in [1.82, 2.24) is 0 Å². The van der Waals surface area contributed by atoms with Gasteiger partial charge in [-0.1, -0.05) is 42.5 Å². The van der Waals surface area contributed by atoms with Crippen LogP contribution in [0.3, 0.4) is 0 Å². The Morgan fingerprint density at radius 2 is 1.52 bits per heavy atom. The van der Waals surface area contributed by atoms with Crippen molar-refractivity contribution >= 4 is 10.8 Å². The number of aliphatic hydroxyl groups excluding tert-OH is 2. The van der Waals surface area contributed by atoms with Crippen molar-refractivity contribution < 1.29 is 29.2 Å². The maximum atomic E-state index is 10.1. The van der Waals surface area contributed by atoms with E-state index in [1.807, 2.05) is 30.3 Å². The molecule has 2 unspecified atom stereocenters. The second-order valence-electron chi connectivity index (χ2n) is 6.56. The lowest BCUT2D eigenvalue weighted by molar-refractivity contribution is -0.108. The normalized spacial score (nSPS) is 13.2. The number of rotatable bonds is 15. The summed E-state index contributed by atoms with van der Waals surface area (Å²) in [5.41, 5.74) is 1.04. The molecule has 2 aromatic rings. The van der Waals surface area contributed by atoms with E-state index < -0.39 is 12.2 Å². The molecule has 6 nitrogen and oxygen atoms in total. The zero-order chi connectivity index (χ0) is 20.9. The summed E-state index contributed by atoms with van der Waals surface area (Å²) in [6.07, 6.45) is 2.59. The first-order valence-corrected chi connectivity index (χ1v) is 9.60. The van der Waals surface area contributed by atoms with Crippen molar-refractivity contribution in [1.29, 1.82) is 0 Å². The van der Waals surface area contributed by atoms with E-state index in [1.54, 1.807) is 6.08 Å². The van der Waals surface area contributed by atoms with Gasteiger partial charge in [0.05, 0.1) is 26.4 Å². The number of fused-ring (bicyclic) bond motifs is 1. The van der Waals surface area contributed by atoms with Gasteiger partial charge in [0.1, 0.15) is 31.4 Å². The van der Waals surface area contributed by atoms with Crippen LogP contribution in [0.15, 0.2) is 61.7 Å². The van der Waals surface area contributed by atoms with Crippen molar-refractivity contribution in [2.75, 3.05) is 39.8 Å². The first kappa shape index (κ1) is 23.1. The molecule has 0 radical (unpaired) electrons. The van der Waals surface area contributed by atoms with E-state index in [-0.39, 0.29) is 33.2 Å². The number of allylic oxidation sites excluding steroid dienone is 1. The largest absolute Gasteiger partial charge is 0.490 e. The molecular formula is C23H30O6. The topological polar surface area (TPSA) is 77.4 Å². The molecule has 2 aromatic carbocycles. The highest BCUT2D eigenvalue weighted by Crippen LogP contribution is 2.29. The molecule has 29 heavy (non-hydrogen) atoms. The molecule has 0 aliphatic rings. The standard InChI is InChI=1S/C23H30O6/c1-3-7-22-21-9-6-5-8-18(21)10-11-23(22)29-16-20(25)15-28-17-27-14-19(24)13-26-12-4-2/h3-6,8-11,19-20,24-25H,1-2,7,12-17H2. The molecule has 2 rings (SSSR count). The highest BCUT2D eigenvalue weighted by molar-refractivity contribution is 5.87. The quantitative estimate of drug-likeness (QED) is 0.271. The molecule has 0 aromatic heterocycles. The number of benzene rings is 2. The molecule has 2 atom stereocenters. The lowest BCUT2D eigenvalue weighted by Gasteiger charge is -2.17. The molecule has 2 N–H and O–H groups in total. The molecule has 158 valence electrons. The van der Waals surface area contributed by atoms with Crippen LogP contribution in [0.4, 0.5) is 0 Å². The Bertz CT molecular complexity index is 760. The van der Waals surface area contributed by atoms with Crippen LogP contribution >= 0.6 is 0 Å². The summed E-state index contributed by atoms with van der Waals surface area (Å²) in [6, 6.07) is 12.0. The van der Waals surface area contributed by atoms with E-state index in [0.29, 0.717) is 13.0 Å². The smallest absolute Gasteiger partial charge is 0.146 e. The molecule has 6 heteroatoms. The first-order chi connectivity index (χ1) is 14.2. The molecule has 0 aliphatic carbocycles. The number of aliphatic hydroxyl groups is 2. The van der Waals surface area contributed by atoms with Gasteiger partial charge in [-0.15, -0.1) is 13.2 Å². The summed E-state index contributed by atoms with van der Waals surface area (Å²) in [7, 11) is 0. The molecule has 0 heterocycles. The van der Waals surface area contributed by atoms with E-state index in [2.05, 4.69) is 25.3 Å². The molecule has 0 saturated carbocycles. The van der Waals surface area contributed by atoms with Crippen molar-refractivity contribution in [3.05, 3.63) is 67.3 Å². The maximum absolute atomic E-state index is 10.1. The summed E-state index contributed by atoms with van der Waals surface area (Å²) < 4.78 is 21.4. The van der Waals surface area contributed by atoms with E-state index >= 15 is 0 Å². The number of hydrogen-bond donors (Lipinski definition) is 2. The Kier molecular flexibility index (Phi) is 10.4. The molecule has 0 aliphatic heterocycles. The predicted molar refractivity (Wildman–Crippen MR) is 113 cm³/mol. The Morgan fingerprint density at radius 3 is 2.24 bits per heavy atom. The summed E-state index contributed by atoms with van der Waals surface area (Å²) in [6.45, 7) is 8.11. The average molecular weight is 402 g/mol. The van der Waals surface area contributed by atoms with Gasteiger partial charge < -0.3 is 29.2 Å². The minimum atomic E-state index is -0.803. The molecule has 0 saturated heterocycles. The van der Waals surface area contributed by atoms with E-state index in [4.69, 9.17) is 18.9 Å². The molecular weight excluding hydrogens is 372 g/mol. The average Bonchev–Trinajstić information content (AvgIpc) is 2.73. The van der Waals surface area contributed by atoms with E-state index in [1.165, 1.54) is 0 Å². The number of ether oxygens (including phenoxy) is 4. The fourth-order valence-corrected chi connectivity index (χ4v) is 2.80. The van der Waals surface area contributed by atoms with Crippen LogP contribution < -0.4 is 4.74 Å². The summed E-state index contributed by atoms with van der Waals surface area (Å²) in [4.78, 5) is 0. The van der Waals surface area contributed by atoms with Crippen LogP contribution in [0.25, 0.3) is 10.8 Å². The lowest BCUT2D eigenvalue weighted by atomic mass is 10.0. The first-order valence-electron chi connectivity index (χ1n) is 9.60. The molecule has 0 amide bonds. The van der Waals surface area contributed by atoms with Crippen molar-refractivity contribution in [2.24, 2.45) is 0 Å². The van der Waals surface area contributed by atoms with E-state index in [0.717, 1.165) is 22.1 Å². The summed E-state index contributed by atoms with van der Waals surface area (Å²) in [5, 5.41) is 22.0. The third-order valence-electron chi connectivity index (χ3n) is 4.11. The van der Waals surface area contributed by atoms with Crippen LogP contribution in [0.2, 0.25) is 0 Å². The van der Waals surface area contributed by atoms with Gasteiger partial charge >= 0.3 is 0 Å². The van der Waals surface area contributed by atoms with Crippen LogP contribution in [-0.4, -0.2) is 62.2 Å². The van der Waals surface area contributed by atoms with Crippen LogP contribution in [0.5, 0.6) is 5.75 Å². The van der Waals surface area contributed by atoms with Gasteiger partial charge in [-0.3, -0.25) is 0 Å². The zero-order valence-electron chi connectivity index (χ0n) is 16.7. The van der Waals surface area contributed by atoms with Gasteiger partial charge in [0.25, 0.3) is 0 Å². The zero-order valence-corrected chi connectivity index (χ0v) is 16.7. The summed E-state index contributed by atoms with van der Waals surface area (Å²) >= 11 is 0. The van der Waals surface area contributed by atoms with E-state index in [9.17, 15) is 10.2 Å². The Labute approximate surface area is 172 Å². The van der Waals surface area contributed by atoms with Crippen LogP contribution in [0.1, 0.15) is 5.56 Å². The minimum Gasteiger partial charge on any atom is -0.490 e. The fourth-order valence-electron chi connectivity index (χ4n) is 2.80. The van der Waals surface area contributed by atoms with Gasteiger partial charge in [0, 0.05) is 5.56 Å². The summed E-state index contributed by atoms with van der Waals surface area (Å²) in [5.74, 6) is 0.724. The SMILES string of the molecule is C=CCOCC(O)COCOCC(O)COc1ccc2ccccc2c1CC=C. The molecule has 0 fully saturated rings. The molecule has 0 bridgehead atoms. The van der Waals surface area contributed by atoms with Crippen molar-refractivity contribution in [3.63, 3.8) is 0 Å². The fraction of sp³-hybridized carbons (Fsp3) is 0.391. The number of hydrogen-bond acceptors (Lipinski definition) is 6. The Balaban J connectivity index is 1.72. The second-order valence-corrected chi connectivity index (χ2v) is 6.56. The van der Waals surface area contributed by atoms with Crippen molar-refractivity contribution in [3.8, 4) is 5.75 Å². The van der Waals surface area contributed by atoms with Crippen molar-refractivity contribution in [2.45, 2.75) is 18.6 Å². The monoisotopic (exact) mass is 402 g/mol. The highest BCUT2D eigenvalue weighted by atomic mass is 16.7. The Morgan fingerprint density at radius 1 is 0.828 bits per heavy atom. The van der Waals surface area contributed by atoms with Gasteiger partial charge in [-0.05, 0) is 23.3 Å². The third kappa shape index (κ3) is 7.97. The Hall–Kier alpha value is -2.22. The van der Waals surface area contributed by atoms with Crippen LogP contribution in [0, 0.1) is 0 Å². The second kappa shape index (κ2) is 13.1. The van der Waals surface area contributed by atoms with Crippen LogP contribution in [-0.2, 0) is 20.6 Å². The maximum Gasteiger partial charge on any atom is 0.146 e. The van der Waals surface area contributed by atoms with Gasteiger partial charge in [0.15, 0.2) is 0 Å². The highest BCUT2D eigenvalue weighted by Gasteiger charge is 2.11. The van der Waals surface area contributed by atoms with Gasteiger partial charge in [-0.2, -0.15) is 0 Å². The van der Waals surface area contributed by atoms with Gasteiger partial charge in [0.2, 0.25) is 0 Å². The predicted octanol–water partition coefficient (Wildman–Crippen LogP) is 2.86. The van der Waals surface area contributed by atoms with Gasteiger partial charge in [-0.25, -0.2) is 0 Å². The lowest BCUT2D eigenvalue weighted by Crippen LogP contribution is -2.26. The minimum absolute atomic E-state index is 0.0345. The molecule has 0 spiro atoms. The third-order valence-corrected chi connectivity index (χ3v) is 4.11.